The number of nitrogens with zero attached hydrogens (tertiary/aromatic N) is 1. The first-order chi connectivity index (χ1) is 11.2. The van der Waals surface area contributed by atoms with Gasteiger partial charge in [-0.15, -0.1) is 11.3 Å². The molecular weight excluding hydrogens is 302 g/mol. The van der Waals surface area contributed by atoms with Crippen LogP contribution in [0.5, 0.6) is 0 Å². The first kappa shape index (κ1) is 16.2. The topological polar surface area (TPSA) is 22.1 Å². The second-order valence-corrected chi connectivity index (χ2v) is 7.32. The Morgan fingerprint density at radius 2 is 1.96 bits per heavy atom. The minimum atomic E-state index is -0.00267. The molecule has 2 aromatic heterocycles. The molecule has 3 heteroatoms. The quantitative estimate of drug-likeness (QED) is 0.555. The van der Waals surface area contributed by atoms with E-state index in [1.54, 1.807) is 0 Å². The maximum Gasteiger partial charge on any atom is 0.0474 e. The highest BCUT2D eigenvalue weighted by Gasteiger charge is 2.29. The van der Waals surface area contributed by atoms with E-state index in [1.807, 2.05) is 30.5 Å². The van der Waals surface area contributed by atoms with Crippen molar-refractivity contribution >= 4 is 21.4 Å². The molecule has 0 aliphatic heterocycles. The normalized spacial score (nSPS) is 14.0. The SMILES string of the molecule is CCOCCC(C)(Cc1cc2ccccc2s1)c1ccccn1. The van der Waals surface area contributed by atoms with E-state index in [-0.39, 0.29) is 5.41 Å². The first-order valence-electron chi connectivity index (χ1n) is 8.18. The maximum absolute atomic E-state index is 5.62. The lowest BCUT2D eigenvalue weighted by atomic mass is 9.79. The molecular formula is C20H23NOS. The van der Waals surface area contributed by atoms with E-state index >= 15 is 0 Å². The van der Waals surface area contributed by atoms with Crippen LogP contribution in [0.15, 0.2) is 54.7 Å². The van der Waals surface area contributed by atoms with Crippen LogP contribution in [0.1, 0.15) is 30.8 Å². The molecule has 0 fully saturated rings. The number of aromatic nitrogens is 1. The van der Waals surface area contributed by atoms with Crippen molar-refractivity contribution in [3.63, 3.8) is 0 Å². The van der Waals surface area contributed by atoms with E-state index in [4.69, 9.17) is 4.74 Å². The van der Waals surface area contributed by atoms with Gasteiger partial charge in [-0.2, -0.15) is 0 Å². The minimum absolute atomic E-state index is 0.00267. The van der Waals surface area contributed by atoms with Crippen molar-refractivity contribution in [1.82, 2.24) is 4.98 Å². The lowest BCUT2D eigenvalue weighted by Crippen LogP contribution is -2.28. The van der Waals surface area contributed by atoms with Crippen molar-refractivity contribution in [2.24, 2.45) is 0 Å². The lowest BCUT2D eigenvalue weighted by Gasteiger charge is -2.28. The van der Waals surface area contributed by atoms with E-state index in [1.165, 1.54) is 15.0 Å². The monoisotopic (exact) mass is 325 g/mol. The van der Waals surface area contributed by atoms with Gasteiger partial charge in [-0.3, -0.25) is 4.98 Å². The molecule has 2 nitrogen and oxygen atoms in total. The average molecular weight is 325 g/mol. The van der Waals surface area contributed by atoms with E-state index in [9.17, 15) is 0 Å². The molecule has 3 rings (SSSR count). The summed E-state index contributed by atoms with van der Waals surface area (Å²) < 4.78 is 6.98. The van der Waals surface area contributed by atoms with Crippen LogP contribution in [0.4, 0.5) is 0 Å². The summed E-state index contributed by atoms with van der Waals surface area (Å²) in [5, 5.41) is 1.33. The number of pyridine rings is 1. The molecule has 2 heterocycles. The minimum Gasteiger partial charge on any atom is -0.382 e. The third-order valence-corrected chi connectivity index (χ3v) is 5.44. The fourth-order valence-corrected chi connectivity index (χ4v) is 4.23. The van der Waals surface area contributed by atoms with Crippen molar-refractivity contribution in [2.75, 3.05) is 13.2 Å². The molecule has 23 heavy (non-hydrogen) atoms. The number of fused-ring (bicyclic) bond motifs is 1. The Hall–Kier alpha value is -1.71. The molecule has 0 saturated carbocycles. The summed E-state index contributed by atoms with van der Waals surface area (Å²) in [5.41, 5.74) is 1.15. The Morgan fingerprint density at radius 1 is 1.13 bits per heavy atom. The van der Waals surface area contributed by atoms with E-state index in [0.717, 1.165) is 31.7 Å². The number of thiophene rings is 1. The van der Waals surface area contributed by atoms with Crippen molar-refractivity contribution in [3.8, 4) is 0 Å². The van der Waals surface area contributed by atoms with Crippen molar-refractivity contribution in [3.05, 3.63) is 65.3 Å². The molecule has 120 valence electrons. The second-order valence-electron chi connectivity index (χ2n) is 6.15. The van der Waals surface area contributed by atoms with Crippen molar-refractivity contribution < 1.29 is 4.74 Å². The van der Waals surface area contributed by atoms with Crippen LogP contribution in [-0.2, 0) is 16.6 Å². The number of ether oxygens (including phenoxy) is 1. The summed E-state index contributed by atoms with van der Waals surface area (Å²) in [4.78, 5) is 6.04. The largest absolute Gasteiger partial charge is 0.382 e. The zero-order valence-corrected chi connectivity index (χ0v) is 14.6. The molecule has 3 aromatic rings. The van der Waals surface area contributed by atoms with Gasteiger partial charge >= 0.3 is 0 Å². The van der Waals surface area contributed by atoms with Crippen LogP contribution in [0.25, 0.3) is 10.1 Å². The molecule has 0 radical (unpaired) electrons. The van der Waals surface area contributed by atoms with Crippen molar-refractivity contribution in [1.29, 1.82) is 0 Å². The van der Waals surface area contributed by atoms with Crippen LogP contribution in [-0.4, -0.2) is 18.2 Å². The zero-order valence-electron chi connectivity index (χ0n) is 13.8. The second kappa shape index (κ2) is 7.24. The third kappa shape index (κ3) is 3.80. The zero-order chi connectivity index (χ0) is 16.1. The molecule has 0 aliphatic carbocycles. The molecule has 0 bridgehead atoms. The van der Waals surface area contributed by atoms with Gasteiger partial charge in [0.25, 0.3) is 0 Å². The Labute approximate surface area is 142 Å². The van der Waals surface area contributed by atoms with Gasteiger partial charge in [0.05, 0.1) is 0 Å². The Morgan fingerprint density at radius 3 is 2.70 bits per heavy atom. The molecule has 0 amide bonds. The summed E-state index contributed by atoms with van der Waals surface area (Å²) in [7, 11) is 0. The van der Waals surface area contributed by atoms with E-state index in [2.05, 4.69) is 54.4 Å². The van der Waals surface area contributed by atoms with E-state index in [0.29, 0.717) is 0 Å². The van der Waals surface area contributed by atoms with Crippen LogP contribution < -0.4 is 0 Å². The van der Waals surface area contributed by atoms with Gasteiger partial charge in [0.1, 0.15) is 0 Å². The summed E-state index contributed by atoms with van der Waals surface area (Å²) >= 11 is 1.89. The van der Waals surface area contributed by atoms with Crippen LogP contribution >= 0.6 is 11.3 Å². The Bertz CT molecular complexity index is 719. The highest BCUT2D eigenvalue weighted by Crippen LogP contribution is 2.35. The third-order valence-electron chi connectivity index (χ3n) is 4.33. The highest BCUT2D eigenvalue weighted by molar-refractivity contribution is 7.19. The fourth-order valence-electron chi connectivity index (χ4n) is 2.98. The van der Waals surface area contributed by atoms with Gasteiger partial charge in [-0.05, 0) is 49.4 Å². The molecule has 1 aromatic carbocycles. The smallest absolute Gasteiger partial charge is 0.0474 e. The summed E-state index contributed by atoms with van der Waals surface area (Å²) in [6.07, 6.45) is 3.86. The van der Waals surface area contributed by atoms with Gasteiger partial charge < -0.3 is 4.74 Å². The molecule has 0 N–H and O–H groups in total. The molecule has 1 atom stereocenters. The number of hydrogen-bond donors (Lipinski definition) is 0. The highest BCUT2D eigenvalue weighted by atomic mass is 32.1. The Balaban J connectivity index is 1.88. The fraction of sp³-hybridized carbons (Fsp3) is 0.350. The number of benzene rings is 1. The lowest BCUT2D eigenvalue weighted by molar-refractivity contribution is 0.126. The van der Waals surface area contributed by atoms with Crippen LogP contribution in [0, 0.1) is 0 Å². The predicted molar refractivity (Wildman–Crippen MR) is 98.2 cm³/mol. The standard InChI is InChI=1S/C20H23NOS/c1-3-22-13-11-20(2,19-10-6-7-12-21-19)15-17-14-16-8-4-5-9-18(16)23-17/h4-10,12,14H,3,11,13,15H2,1-2H3. The summed E-state index contributed by atoms with van der Waals surface area (Å²) in [6, 6.07) is 17.1. The summed E-state index contributed by atoms with van der Waals surface area (Å²) in [5.74, 6) is 0. The number of hydrogen-bond acceptors (Lipinski definition) is 3. The molecule has 1 unspecified atom stereocenters. The van der Waals surface area contributed by atoms with Gasteiger partial charge in [0, 0.05) is 40.1 Å². The maximum atomic E-state index is 5.62. The Kier molecular flexibility index (Phi) is 5.09. The molecule has 0 saturated heterocycles. The van der Waals surface area contributed by atoms with Gasteiger partial charge in [0.15, 0.2) is 0 Å². The average Bonchev–Trinajstić information content (AvgIpc) is 2.98. The van der Waals surface area contributed by atoms with Gasteiger partial charge in [-0.25, -0.2) is 0 Å². The first-order valence-corrected chi connectivity index (χ1v) is 9.00. The van der Waals surface area contributed by atoms with E-state index < -0.39 is 0 Å². The molecule has 0 spiro atoms. The predicted octanol–water partition coefficient (Wildman–Crippen LogP) is 5.22. The van der Waals surface area contributed by atoms with Crippen molar-refractivity contribution in [2.45, 2.75) is 32.1 Å². The molecule has 0 aliphatic rings. The number of rotatable bonds is 7. The van der Waals surface area contributed by atoms with Crippen LogP contribution in [0.2, 0.25) is 0 Å². The summed E-state index contributed by atoms with van der Waals surface area (Å²) in [6.45, 7) is 5.89. The van der Waals surface area contributed by atoms with Crippen LogP contribution in [0.3, 0.4) is 0 Å². The van der Waals surface area contributed by atoms with Gasteiger partial charge in [0.2, 0.25) is 0 Å². The van der Waals surface area contributed by atoms with Gasteiger partial charge in [-0.1, -0.05) is 31.2 Å².